The number of sulfone groups is 1. The molecule has 1 aromatic carbocycles. The molecule has 1 unspecified atom stereocenters. The van der Waals surface area contributed by atoms with Crippen LogP contribution in [0.1, 0.15) is 30.1 Å². The Hall–Kier alpha value is -1.39. The number of hydrogen-bond acceptors (Lipinski definition) is 5. The highest BCUT2D eigenvalue weighted by molar-refractivity contribution is 7.91. The highest BCUT2D eigenvalue weighted by Crippen LogP contribution is 2.49. The number of aliphatic hydroxyl groups is 1. The van der Waals surface area contributed by atoms with Gasteiger partial charge in [0.15, 0.2) is 0 Å². The second-order valence-corrected chi connectivity index (χ2v) is 7.92. The van der Waals surface area contributed by atoms with Gasteiger partial charge in [-0.05, 0) is 12.1 Å². The van der Waals surface area contributed by atoms with Gasteiger partial charge in [-0.25, -0.2) is 17.2 Å². The molecule has 0 amide bonds. The van der Waals surface area contributed by atoms with Gasteiger partial charge in [-0.1, -0.05) is 0 Å². The lowest BCUT2D eigenvalue weighted by Crippen LogP contribution is -2.26. The molecule has 1 aliphatic heterocycles. The Balaban J connectivity index is 2.07. The summed E-state index contributed by atoms with van der Waals surface area (Å²) < 4.78 is 88.0. The van der Waals surface area contributed by atoms with Crippen molar-refractivity contribution in [3.63, 3.8) is 0 Å². The Labute approximate surface area is 141 Å². The number of benzene rings is 1. The van der Waals surface area contributed by atoms with E-state index in [9.17, 15) is 31.1 Å². The molecule has 0 radical (unpaired) electrons. The average molecular weight is 384 g/mol. The predicted molar refractivity (Wildman–Crippen MR) is 77.7 cm³/mol. The number of hydrogen-bond donors (Lipinski definition) is 1. The third-order valence-electron chi connectivity index (χ3n) is 4.36. The fourth-order valence-electron chi connectivity index (χ4n) is 3.08. The third-order valence-corrected chi connectivity index (χ3v) is 5.80. The highest BCUT2D eigenvalue weighted by atomic mass is 32.2. The summed E-state index contributed by atoms with van der Waals surface area (Å²) in [6, 6.07) is 1.89. The summed E-state index contributed by atoms with van der Waals surface area (Å²) in [4.78, 5) is -0.985. The van der Waals surface area contributed by atoms with E-state index >= 15 is 0 Å². The Morgan fingerprint density at radius 1 is 1.24 bits per heavy atom. The summed E-state index contributed by atoms with van der Waals surface area (Å²) in [5, 5.41) is 9.83. The molecule has 3 rings (SSSR count). The van der Waals surface area contributed by atoms with E-state index in [1.165, 1.54) is 0 Å². The summed E-state index contributed by atoms with van der Waals surface area (Å²) in [6.45, 7) is 0.868. The van der Waals surface area contributed by atoms with Crippen LogP contribution in [0, 0.1) is 0 Å². The van der Waals surface area contributed by atoms with Gasteiger partial charge < -0.3 is 14.6 Å². The van der Waals surface area contributed by atoms with E-state index in [2.05, 4.69) is 0 Å². The van der Waals surface area contributed by atoms with E-state index < -0.39 is 44.5 Å². The zero-order valence-electron chi connectivity index (χ0n) is 12.9. The first kappa shape index (κ1) is 18.4. The molecule has 1 heterocycles. The molecule has 1 atom stereocenters. The molecule has 0 bridgehead atoms. The minimum absolute atomic E-state index is 0.0219. The van der Waals surface area contributed by atoms with Gasteiger partial charge in [-0.2, -0.15) is 8.78 Å². The van der Waals surface area contributed by atoms with Crippen molar-refractivity contribution in [2.45, 2.75) is 48.0 Å². The van der Waals surface area contributed by atoms with Gasteiger partial charge in [-0.3, -0.25) is 0 Å². The van der Waals surface area contributed by atoms with Crippen LogP contribution in [0.25, 0.3) is 0 Å². The molecule has 140 valence electrons. The van der Waals surface area contributed by atoms with Crippen LogP contribution in [-0.4, -0.2) is 44.5 Å². The minimum Gasteiger partial charge on any atom is -0.490 e. The summed E-state index contributed by atoms with van der Waals surface area (Å²) >= 11 is 0. The minimum atomic E-state index is -5.14. The maximum atomic E-state index is 14.0. The quantitative estimate of drug-likeness (QED) is 0.808. The number of halogens is 4. The molecule has 0 aromatic heterocycles. The molecule has 1 aromatic rings. The number of rotatable bonds is 4. The zero-order chi connectivity index (χ0) is 18.4. The molecule has 1 fully saturated rings. The van der Waals surface area contributed by atoms with Crippen LogP contribution in [-0.2, 0) is 21.0 Å². The molecule has 1 aliphatic carbocycles. The van der Waals surface area contributed by atoms with Crippen LogP contribution >= 0.6 is 0 Å². The standard InChI is InChI=1S/C15H16F4O5S/c16-14(17)25(21,22)11-2-1-10(24-8-3-5-23-6-4-8)9-7-15(18,19)13(20)12(9)11/h1-2,8,13-14,20H,3-7H2. The van der Waals surface area contributed by atoms with Gasteiger partial charge in [0, 0.05) is 30.4 Å². The maximum absolute atomic E-state index is 14.0. The number of alkyl halides is 4. The maximum Gasteiger partial charge on any atom is 0.341 e. The Morgan fingerprint density at radius 2 is 1.88 bits per heavy atom. The summed E-state index contributed by atoms with van der Waals surface area (Å²) in [5.41, 5.74) is -0.944. The lowest BCUT2D eigenvalue weighted by atomic mass is 10.1. The van der Waals surface area contributed by atoms with Crippen LogP contribution in [0.4, 0.5) is 17.6 Å². The van der Waals surface area contributed by atoms with Crippen molar-refractivity contribution in [3.8, 4) is 5.75 Å². The van der Waals surface area contributed by atoms with Crippen molar-refractivity contribution in [1.29, 1.82) is 0 Å². The molecular formula is C15H16F4O5S. The molecule has 25 heavy (non-hydrogen) atoms. The zero-order valence-corrected chi connectivity index (χ0v) is 13.7. The molecular weight excluding hydrogens is 368 g/mol. The molecule has 5 nitrogen and oxygen atoms in total. The van der Waals surface area contributed by atoms with E-state index in [1.807, 2.05) is 0 Å². The van der Waals surface area contributed by atoms with Crippen molar-refractivity contribution >= 4 is 9.84 Å². The van der Waals surface area contributed by atoms with Crippen LogP contribution < -0.4 is 4.74 Å². The molecule has 0 spiro atoms. The van der Waals surface area contributed by atoms with Gasteiger partial charge in [0.2, 0.25) is 9.84 Å². The first-order chi connectivity index (χ1) is 11.6. The molecule has 2 aliphatic rings. The first-order valence-electron chi connectivity index (χ1n) is 7.62. The number of ether oxygens (including phenoxy) is 2. The van der Waals surface area contributed by atoms with Crippen LogP contribution in [0.15, 0.2) is 17.0 Å². The molecule has 0 saturated carbocycles. The molecule has 10 heteroatoms. The summed E-state index contributed by atoms with van der Waals surface area (Å²) in [5.74, 6) is -7.46. The van der Waals surface area contributed by atoms with Crippen molar-refractivity contribution in [1.82, 2.24) is 0 Å². The number of fused-ring (bicyclic) bond motifs is 1. The Kier molecular flexibility index (Phi) is 4.71. The Morgan fingerprint density at radius 3 is 2.48 bits per heavy atom. The third kappa shape index (κ3) is 3.22. The van der Waals surface area contributed by atoms with Crippen molar-refractivity contribution in [2.75, 3.05) is 13.2 Å². The van der Waals surface area contributed by atoms with Gasteiger partial charge in [-0.15, -0.1) is 0 Å². The summed E-state index contributed by atoms with van der Waals surface area (Å²) in [6.07, 6.45) is -2.74. The SMILES string of the molecule is O=S(=O)(c1ccc(OC2CCOCC2)c2c1C(O)C(F)(F)C2)C(F)F. The van der Waals surface area contributed by atoms with Gasteiger partial charge in [0.1, 0.15) is 18.0 Å². The monoisotopic (exact) mass is 384 g/mol. The largest absolute Gasteiger partial charge is 0.490 e. The topological polar surface area (TPSA) is 72.8 Å². The summed E-state index contributed by atoms with van der Waals surface area (Å²) in [7, 11) is -5.14. The lowest BCUT2D eigenvalue weighted by molar-refractivity contribution is -0.0977. The van der Waals surface area contributed by atoms with Gasteiger partial charge in [0.05, 0.1) is 18.1 Å². The lowest BCUT2D eigenvalue weighted by Gasteiger charge is -2.25. The normalized spacial score (nSPS) is 23.7. The predicted octanol–water partition coefficient (Wildman–Crippen LogP) is 2.47. The van der Waals surface area contributed by atoms with E-state index in [1.54, 1.807) is 0 Å². The van der Waals surface area contributed by atoms with Crippen LogP contribution in [0.3, 0.4) is 0 Å². The van der Waals surface area contributed by atoms with E-state index in [0.29, 0.717) is 26.1 Å². The number of aliphatic hydroxyl groups excluding tert-OH is 1. The van der Waals surface area contributed by atoms with E-state index in [-0.39, 0.29) is 17.4 Å². The van der Waals surface area contributed by atoms with Crippen molar-refractivity contribution in [3.05, 3.63) is 23.3 Å². The van der Waals surface area contributed by atoms with Crippen LogP contribution in [0.2, 0.25) is 0 Å². The average Bonchev–Trinajstić information content (AvgIpc) is 2.79. The highest BCUT2D eigenvalue weighted by Gasteiger charge is 2.51. The van der Waals surface area contributed by atoms with E-state index in [0.717, 1.165) is 12.1 Å². The Bertz CT molecular complexity index is 759. The molecule has 1 N–H and O–H groups in total. The molecule has 1 saturated heterocycles. The van der Waals surface area contributed by atoms with E-state index in [4.69, 9.17) is 9.47 Å². The second kappa shape index (κ2) is 6.40. The van der Waals surface area contributed by atoms with Crippen molar-refractivity contribution < 1.29 is 40.6 Å². The smallest absolute Gasteiger partial charge is 0.341 e. The van der Waals surface area contributed by atoms with Gasteiger partial charge >= 0.3 is 5.76 Å². The first-order valence-corrected chi connectivity index (χ1v) is 9.17. The van der Waals surface area contributed by atoms with Crippen LogP contribution in [0.5, 0.6) is 5.75 Å². The van der Waals surface area contributed by atoms with Crippen molar-refractivity contribution in [2.24, 2.45) is 0 Å². The second-order valence-electron chi connectivity index (χ2n) is 6.03. The fourth-order valence-corrected chi connectivity index (χ4v) is 4.07. The van der Waals surface area contributed by atoms with Gasteiger partial charge in [0.25, 0.3) is 5.92 Å². The fraction of sp³-hybridized carbons (Fsp3) is 0.600.